The summed E-state index contributed by atoms with van der Waals surface area (Å²) in [6, 6.07) is 6.66. The van der Waals surface area contributed by atoms with Crippen LogP contribution in [0.2, 0.25) is 5.02 Å². The van der Waals surface area contributed by atoms with Crippen molar-refractivity contribution in [1.29, 1.82) is 0 Å². The predicted molar refractivity (Wildman–Crippen MR) is 66.5 cm³/mol. The molecule has 0 saturated carbocycles. The quantitative estimate of drug-likeness (QED) is 0.674. The fourth-order valence-electron chi connectivity index (χ4n) is 1.62. The van der Waals surface area contributed by atoms with Crippen LogP contribution in [-0.2, 0) is 18.9 Å². The fraction of sp³-hybridized carbons (Fsp3) is 0.273. The second kappa shape index (κ2) is 5.41. The van der Waals surface area contributed by atoms with Gasteiger partial charge in [0.05, 0.1) is 13.1 Å². The Morgan fingerprint density at radius 3 is 2.39 bits per heavy atom. The van der Waals surface area contributed by atoms with Crippen molar-refractivity contribution in [3.8, 4) is 0 Å². The molecule has 5 nitrogen and oxygen atoms in total. The van der Waals surface area contributed by atoms with Gasteiger partial charge in [0, 0.05) is 10.5 Å². The minimum absolute atomic E-state index is 0.0478. The molecule has 1 fully saturated rings. The highest BCUT2D eigenvalue weighted by molar-refractivity contribution is 6.64. The highest BCUT2D eigenvalue weighted by Gasteiger charge is 2.33. The summed E-state index contributed by atoms with van der Waals surface area (Å²) in [5.41, 5.74) is 0.536. The van der Waals surface area contributed by atoms with Gasteiger partial charge in [-0.1, -0.05) is 23.7 Å². The number of hydrogen-bond donors (Lipinski definition) is 0. The molecule has 0 aliphatic carbocycles. The van der Waals surface area contributed by atoms with Crippen LogP contribution in [0.5, 0.6) is 0 Å². The average Bonchev–Trinajstić information content (AvgIpc) is 2.25. The van der Waals surface area contributed by atoms with Gasteiger partial charge in [-0.15, -0.1) is 0 Å². The van der Waals surface area contributed by atoms with E-state index in [9.17, 15) is 9.59 Å². The summed E-state index contributed by atoms with van der Waals surface area (Å²) >= 11 is 5.84. The molecule has 1 aliphatic heterocycles. The fourth-order valence-corrected chi connectivity index (χ4v) is 1.82. The van der Waals surface area contributed by atoms with Gasteiger partial charge in [0.2, 0.25) is 0 Å². The van der Waals surface area contributed by atoms with Crippen molar-refractivity contribution < 1.29 is 18.9 Å². The van der Waals surface area contributed by atoms with Gasteiger partial charge >= 0.3 is 19.1 Å². The van der Waals surface area contributed by atoms with Crippen LogP contribution in [0.1, 0.15) is 0 Å². The van der Waals surface area contributed by atoms with Crippen molar-refractivity contribution in [3.05, 3.63) is 29.3 Å². The van der Waals surface area contributed by atoms with Gasteiger partial charge in [-0.05, 0) is 19.2 Å². The Bertz CT molecular complexity index is 462. The number of benzene rings is 1. The first-order valence-corrected chi connectivity index (χ1v) is 5.75. The number of carbonyl (C=O) groups is 2. The summed E-state index contributed by atoms with van der Waals surface area (Å²) in [6.07, 6.45) is 0. The van der Waals surface area contributed by atoms with Crippen molar-refractivity contribution in [2.45, 2.75) is 0 Å². The number of halogens is 1. The zero-order chi connectivity index (χ0) is 13.1. The molecule has 1 aromatic rings. The van der Waals surface area contributed by atoms with Gasteiger partial charge < -0.3 is 9.31 Å². The van der Waals surface area contributed by atoms with Crippen molar-refractivity contribution in [2.75, 3.05) is 20.1 Å². The molecule has 0 amide bonds. The van der Waals surface area contributed by atoms with Gasteiger partial charge in [-0.25, -0.2) is 0 Å². The monoisotopic (exact) mass is 267 g/mol. The van der Waals surface area contributed by atoms with E-state index >= 15 is 0 Å². The minimum Gasteiger partial charge on any atom is -0.494 e. The van der Waals surface area contributed by atoms with E-state index in [2.05, 4.69) is 0 Å². The number of nitrogens with zero attached hydrogens (tertiary/aromatic N) is 1. The maximum atomic E-state index is 11.5. The SMILES string of the molecule is CN1CC(=O)OB(c2cccc(Cl)c2)OC(=O)C1. The Labute approximate surface area is 110 Å². The molecule has 1 heterocycles. The first-order valence-electron chi connectivity index (χ1n) is 5.37. The number of hydrogen-bond acceptors (Lipinski definition) is 5. The number of carbonyl (C=O) groups excluding carboxylic acids is 2. The standard InChI is InChI=1S/C11H11BClNO4/c1-14-6-10(15)17-12(18-11(16)7-14)8-3-2-4-9(13)5-8/h2-5H,6-7H2,1H3. The highest BCUT2D eigenvalue weighted by atomic mass is 35.5. The first kappa shape index (κ1) is 12.9. The lowest BCUT2D eigenvalue weighted by molar-refractivity contribution is -0.145. The van der Waals surface area contributed by atoms with E-state index in [0.717, 1.165) is 0 Å². The predicted octanol–water partition coefficient (Wildman–Crippen LogP) is 0.0670. The topological polar surface area (TPSA) is 55.8 Å². The maximum absolute atomic E-state index is 11.5. The lowest BCUT2D eigenvalue weighted by atomic mass is 9.78. The Balaban J connectivity index is 2.20. The molecule has 0 N–H and O–H groups in total. The molecule has 0 atom stereocenters. The lowest BCUT2D eigenvalue weighted by Crippen LogP contribution is -2.47. The third-order valence-corrected chi connectivity index (χ3v) is 2.63. The van der Waals surface area contributed by atoms with Crippen LogP contribution in [-0.4, -0.2) is 44.1 Å². The lowest BCUT2D eigenvalue weighted by Gasteiger charge is -2.22. The molecule has 18 heavy (non-hydrogen) atoms. The molecule has 0 radical (unpaired) electrons. The molecule has 94 valence electrons. The summed E-state index contributed by atoms with van der Waals surface area (Å²) in [6.45, 7) is 0.0956. The van der Waals surface area contributed by atoms with E-state index in [1.807, 2.05) is 0 Å². The summed E-state index contributed by atoms with van der Waals surface area (Å²) in [5.74, 6) is -0.898. The van der Waals surface area contributed by atoms with E-state index in [0.29, 0.717) is 10.5 Å². The van der Waals surface area contributed by atoms with Crippen LogP contribution in [0, 0.1) is 0 Å². The Morgan fingerprint density at radius 2 is 1.83 bits per heavy atom. The van der Waals surface area contributed by atoms with Gasteiger partial charge in [0.1, 0.15) is 0 Å². The van der Waals surface area contributed by atoms with Crippen LogP contribution >= 0.6 is 11.6 Å². The molecule has 0 unspecified atom stereocenters. The largest absolute Gasteiger partial charge is 0.636 e. The Kier molecular flexibility index (Phi) is 3.89. The molecular formula is C11H11BClNO4. The molecule has 2 rings (SSSR count). The second-order valence-corrected chi connectivity index (χ2v) is 4.48. The average molecular weight is 267 g/mol. The van der Waals surface area contributed by atoms with Crippen LogP contribution in [0.3, 0.4) is 0 Å². The molecule has 1 aromatic carbocycles. The highest BCUT2D eigenvalue weighted by Crippen LogP contribution is 2.07. The normalized spacial score (nSPS) is 17.8. The zero-order valence-electron chi connectivity index (χ0n) is 9.76. The van der Waals surface area contributed by atoms with E-state index in [1.54, 1.807) is 31.3 Å². The third-order valence-electron chi connectivity index (χ3n) is 2.40. The molecule has 1 saturated heterocycles. The molecule has 1 aliphatic rings. The van der Waals surface area contributed by atoms with Gasteiger partial charge in [-0.3, -0.25) is 14.5 Å². The van der Waals surface area contributed by atoms with Gasteiger partial charge in [0.15, 0.2) is 0 Å². The van der Waals surface area contributed by atoms with E-state index in [4.69, 9.17) is 20.9 Å². The number of rotatable bonds is 1. The van der Waals surface area contributed by atoms with Crippen LogP contribution in [0.15, 0.2) is 24.3 Å². The maximum Gasteiger partial charge on any atom is 0.636 e. The molecule has 0 spiro atoms. The van der Waals surface area contributed by atoms with Crippen molar-refractivity contribution in [2.24, 2.45) is 0 Å². The van der Waals surface area contributed by atoms with Crippen molar-refractivity contribution in [1.82, 2.24) is 4.90 Å². The van der Waals surface area contributed by atoms with E-state index in [1.165, 1.54) is 4.90 Å². The van der Waals surface area contributed by atoms with Crippen LogP contribution in [0.25, 0.3) is 0 Å². The molecule has 0 bridgehead atoms. The zero-order valence-corrected chi connectivity index (χ0v) is 10.5. The van der Waals surface area contributed by atoms with Gasteiger partial charge in [-0.2, -0.15) is 0 Å². The first-order chi connectivity index (χ1) is 8.54. The van der Waals surface area contributed by atoms with Crippen molar-refractivity contribution >= 4 is 36.1 Å². The summed E-state index contributed by atoms with van der Waals surface area (Å²) < 4.78 is 10.2. The van der Waals surface area contributed by atoms with Crippen LogP contribution in [0.4, 0.5) is 0 Å². The van der Waals surface area contributed by atoms with Gasteiger partial charge in [0.25, 0.3) is 0 Å². The Hall–Kier alpha value is -1.53. The second-order valence-electron chi connectivity index (χ2n) is 4.04. The van der Waals surface area contributed by atoms with Crippen molar-refractivity contribution in [3.63, 3.8) is 0 Å². The van der Waals surface area contributed by atoms with E-state index in [-0.39, 0.29) is 13.1 Å². The minimum atomic E-state index is -1.03. The third kappa shape index (κ3) is 3.24. The van der Waals surface area contributed by atoms with Crippen LogP contribution < -0.4 is 5.46 Å². The smallest absolute Gasteiger partial charge is 0.494 e. The number of likely N-dealkylation sites (N-methyl/N-ethyl adjacent to an activating group) is 1. The summed E-state index contributed by atoms with van der Waals surface area (Å²) in [5, 5.41) is 0.485. The van der Waals surface area contributed by atoms with E-state index < -0.39 is 19.1 Å². The molecule has 0 aromatic heterocycles. The molecular weight excluding hydrogens is 256 g/mol. The molecule has 7 heteroatoms. The summed E-state index contributed by atoms with van der Waals surface area (Å²) in [4.78, 5) is 24.6. The Morgan fingerprint density at radius 1 is 1.22 bits per heavy atom. The summed E-state index contributed by atoms with van der Waals surface area (Å²) in [7, 11) is 0.611.